The number of nitrogens with one attached hydrogen (secondary N) is 1. The van der Waals surface area contributed by atoms with E-state index in [1.807, 2.05) is 20.8 Å². The van der Waals surface area contributed by atoms with Crippen LogP contribution >= 0.6 is 11.6 Å². The van der Waals surface area contributed by atoms with Crippen molar-refractivity contribution in [2.75, 3.05) is 13.1 Å². The number of halogens is 1. The monoisotopic (exact) mass is 311 g/mol. The van der Waals surface area contributed by atoms with Gasteiger partial charge in [0.25, 0.3) is 0 Å². The normalized spacial score (nSPS) is 12.0. The fraction of sp³-hybridized carbons (Fsp3) is 0.467. The van der Waals surface area contributed by atoms with Gasteiger partial charge in [-0.2, -0.15) is 0 Å². The Morgan fingerprint density at radius 3 is 2.43 bits per heavy atom. The number of likely N-dealkylation sites (N-methyl/N-ethyl adjacent to an activating group) is 1. The molecule has 0 aromatic heterocycles. The van der Waals surface area contributed by atoms with Gasteiger partial charge < -0.3 is 16.0 Å². The molecule has 1 aromatic carbocycles. The fourth-order valence-corrected chi connectivity index (χ4v) is 2.25. The van der Waals surface area contributed by atoms with Gasteiger partial charge in [0.05, 0.1) is 6.04 Å². The summed E-state index contributed by atoms with van der Waals surface area (Å²) in [5, 5.41) is 3.61. The Bertz CT molecular complexity index is 516. The average molecular weight is 312 g/mol. The number of benzene rings is 1. The molecule has 21 heavy (non-hydrogen) atoms. The molecular formula is C15H22ClN3O2. The summed E-state index contributed by atoms with van der Waals surface area (Å²) < 4.78 is 0. The van der Waals surface area contributed by atoms with Crippen LogP contribution < -0.4 is 11.1 Å². The van der Waals surface area contributed by atoms with Crippen LogP contribution in [0.5, 0.6) is 0 Å². The van der Waals surface area contributed by atoms with Crippen LogP contribution in [0.4, 0.5) is 0 Å². The molecule has 1 unspecified atom stereocenters. The second kappa shape index (κ2) is 8.00. The molecule has 0 spiro atoms. The standard InChI is InChI=1S/C15H22ClN3O2/c1-4-19(5-2)15(21)10(3)18-9-12-7-6-11(14(17)20)8-13(12)16/h6-8,10,18H,4-5,9H2,1-3H3,(H2,17,20). The first-order chi connectivity index (χ1) is 9.90. The van der Waals surface area contributed by atoms with Crippen LogP contribution in [0, 0.1) is 0 Å². The van der Waals surface area contributed by atoms with E-state index in [4.69, 9.17) is 17.3 Å². The number of nitrogens with two attached hydrogens (primary N) is 1. The van der Waals surface area contributed by atoms with Gasteiger partial charge in [0.2, 0.25) is 11.8 Å². The maximum absolute atomic E-state index is 12.1. The van der Waals surface area contributed by atoms with Gasteiger partial charge in [0.15, 0.2) is 0 Å². The number of nitrogens with zero attached hydrogens (tertiary/aromatic N) is 1. The molecule has 3 N–H and O–H groups in total. The molecule has 0 aliphatic rings. The average Bonchev–Trinajstić information content (AvgIpc) is 2.46. The minimum atomic E-state index is -0.513. The van der Waals surface area contributed by atoms with Crippen LogP contribution in [-0.4, -0.2) is 35.8 Å². The lowest BCUT2D eigenvalue weighted by Crippen LogP contribution is -2.44. The zero-order valence-corrected chi connectivity index (χ0v) is 13.4. The molecule has 0 aliphatic heterocycles. The van der Waals surface area contributed by atoms with Crippen LogP contribution in [0.2, 0.25) is 5.02 Å². The van der Waals surface area contributed by atoms with Gasteiger partial charge in [-0.15, -0.1) is 0 Å². The lowest BCUT2D eigenvalue weighted by atomic mass is 10.1. The van der Waals surface area contributed by atoms with Gasteiger partial charge in [-0.1, -0.05) is 17.7 Å². The molecule has 0 fully saturated rings. The first kappa shape index (κ1) is 17.5. The molecule has 5 nitrogen and oxygen atoms in total. The highest BCUT2D eigenvalue weighted by molar-refractivity contribution is 6.31. The molecule has 6 heteroatoms. The topological polar surface area (TPSA) is 75.4 Å². The molecule has 0 saturated carbocycles. The van der Waals surface area contributed by atoms with E-state index in [2.05, 4.69) is 5.32 Å². The van der Waals surface area contributed by atoms with Crippen molar-refractivity contribution >= 4 is 23.4 Å². The molecule has 0 saturated heterocycles. The van der Waals surface area contributed by atoms with Crippen LogP contribution in [0.25, 0.3) is 0 Å². The third kappa shape index (κ3) is 4.72. The second-order valence-electron chi connectivity index (χ2n) is 4.78. The number of rotatable bonds is 7. The molecule has 1 rings (SSSR count). The van der Waals surface area contributed by atoms with E-state index in [-0.39, 0.29) is 11.9 Å². The molecule has 0 aliphatic carbocycles. The van der Waals surface area contributed by atoms with Gasteiger partial charge in [0.1, 0.15) is 0 Å². The molecule has 0 radical (unpaired) electrons. The molecule has 0 heterocycles. The Labute approximate surface area is 130 Å². The summed E-state index contributed by atoms with van der Waals surface area (Å²) in [6.45, 7) is 7.56. The molecule has 1 atom stereocenters. The Morgan fingerprint density at radius 1 is 1.33 bits per heavy atom. The number of carbonyl (C=O) groups excluding carboxylic acids is 2. The Morgan fingerprint density at radius 2 is 1.95 bits per heavy atom. The first-order valence-corrected chi connectivity index (χ1v) is 7.38. The van der Waals surface area contributed by atoms with Crippen LogP contribution in [0.1, 0.15) is 36.7 Å². The highest BCUT2D eigenvalue weighted by Crippen LogP contribution is 2.17. The van der Waals surface area contributed by atoms with Crippen LogP contribution in [0.15, 0.2) is 18.2 Å². The highest BCUT2D eigenvalue weighted by atomic mass is 35.5. The van der Waals surface area contributed by atoms with E-state index in [9.17, 15) is 9.59 Å². The molecule has 1 aromatic rings. The Hall–Kier alpha value is -1.59. The van der Waals surface area contributed by atoms with Crippen molar-refractivity contribution in [2.45, 2.75) is 33.4 Å². The van der Waals surface area contributed by atoms with Gasteiger partial charge in [0, 0.05) is 30.2 Å². The zero-order chi connectivity index (χ0) is 16.0. The molecular weight excluding hydrogens is 290 g/mol. The summed E-state index contributed by atoms with van der Waals surface area (Å²) in [4.78, 5) is 25.0. The van der Waals surface area contributed by atoms with Gasteiger partial charge >= 0.3 is 0 Å². The summed E-state index contributed by atoms with van der Waals surface area (Å²) in [7, 11) is 0. The van der Waals surface area contributed by atoms with E-state index in [1.54, 1.807) is 17.0 Å². The summed E-state index contributed by atoms with van der Waals surface area (Å²) >= 11 is 6.11. The van der Waals surface area contributed by atoms with Gasteiger partial charge in [-0.3, -0.25) is 9.59 Å². The number of primary amides is 1. The first-order valence-electron chi connectivity index (χ1n) is 7.01. The predicted molar refractivity (Wildman–Crippen MR) is 84.2 cm³/mol. The van der Waals surface area contributed by atoms with Crippen LogP contribution in [0.3, 0.4) is 0 Å². The molecule has 0 bridgehead atoms. The van der Waals surface area contributed by atoms with Crippen molar-refractivity contribution in [2.24, 2.45) is 5.73 Å². The largest absolute Gasteiger partial charge is 0.366 e. The number of hydrogen-bond donors (Lipinski definition) is 2. The maximum atomic E-state index is 12.1. The minimum absolute atomic E-state index is 0.0601. The predicted octanol–water partition coefficient (Wildman–Crippen LogP) is 1.79. The van der Waals surface area contributed by atoms with E-state index in [0.717, 1.165) is 5.56 Å². The minimum Gasteiger partial charge on any atom is -0.366 e. The third-order valence-electron chi connectivity index (χ3n) is 3.38. The highest BCUT2D eigenvalue weighted by Gasteiger charge is 2.17. The van der Waals surface area contributed by atoms with Crippen molar-refractivity contribution in [3.05, 3.63) is 34.3 Å². The van der Waals surface area contributed by atoms with Crippen LogP contribution in [-0.2, 0) is 11.3 Å². The van der Waals surface area contributed by atoms with Crippen molar-refractivity contribution < 1.29 is 9.59 Å². The smallest absolute Gasteiger partial charge is 0.248 e. The molecule has 116 valence electrons. The Balaban J connectivity index is 2.67. The van der Waals surface area contributed by atoms with Crippen molar-refractivity contribution in [1.29, 1.82) is 0 Å². The van der Waals surface area contributed by atoms with Gasteiger partial charge in [-0.25, -0.2) is 0 Å². The van der Waals surface area contributed by atoms with E-state index < -0.39 is 5.91 Å². The summed E-state index contributed by atoms with van der Waals surface area (Å²) in [6.07, 6.45) is 0. The third-order valence-corrected chi connectivity index (χ3v) is 3.73. The lowest BCUT2D eigenvalue weighted by Gasteiger charge is -2.23. The quantitative estimate of drug-likeness (QED) is 0.806. The zero-order valence-electron chi connectivity index (χ0n) is 12.6. The number of amides is 2. The van der Waals surface area contributed by atoms with Crippen molar-refractivity contribution in [3.63, 3.8) is 0 Å². The summed E-state index contributed by atoms with van der Waals surface area (Å²) in [6, 6.07) is 4.61. The van der Waals surface area contributed by atoms with E-state index in [1.165, 1.54) is 6.07 Å². The molecule has 2 amide bonds. The second-order valence-corrected chi connectivity index (χ2v) is 5.19. The number of carbonyl (C=O) groups is 2. The van der Waals surface area contributed by atoms with Gasteiger partial charge in [-0.05, 0) is 38.5 Å². The summed E-state index contributed by atoms with van der Waals surface area (Å²) in [5.74, 6) is -0.452. The van der Waals surface area contributed by atoms with E-state index >= 15 is 0 Å². The maximum Gasteiger partial charge on any atom is 0.248 e. The lowest BCUT2D eigenvalue weighted by molar-refractivity contribution is -0.132. The summed E-state index contributed by atoms with van der Waals surface area (Å²) in [5.41, 5.74) is 6.39. The fourth-order valence-electron chi connectivity index (χ4n) is 2.00. The SMILES string of the molecule is CCN(CC)C(=O)C(C)NCc1ccc(C(N)=O)cc1Cl. The van der Waals surface area contributed by atoms with E-state index in [0.29, 0.717) is 30.2 Å². The van der Waals surface area contributed by atoms with Crippen molar-refractivity contribution in [3.8, 4) is 0 Å². The Kier molecular flexibility index (Phi) is 6.65. The number of hydrogen-bond acceptors (Lipinski definition) is 3. The van der Waals surface area contributed by atoms with Crippen molar-refractivity contribution in [1.82, 2.24) is 10.2 Å².